The van der Waals surface area contributed by atoms with Gasteiger partial charge in [0.25, 0.3) is 0 Å². The van der Waals surface area contributed by atoms with Gasteiger partial charge in [0.15, 0.2) is 0 Å². The van der Waals surface area contributed by atoms with E-state index in [1.807, 2.05) is 6.92 Å². The highest BCUT2D eigenvalue weighted by molar-refractivity contribution is 5.79. The van der Waals surface area contributed by atoms with Gasteiger partial charge in [0.2, 0.25) is 0 Å². The number of carbonyl (C=O) groups is 1. The molecule has 0 aliphatic heterocycles. The molecule has 0 saturated heterocycles. The van der Waals surface area contributed by atoms with Crippen molar-refractivity contribution in [2.24, 2.45) is 45.8 Å². The van der Waals surface area contributed by atoms with Gasteiger partial charge in [0.05, 0.1) is 5.60 Å². The molecule has 0 aromatic rings. The smallest absolute Gasteiger partial charge is 0.133 e. The first-order valence-electron chi connectivity index (χ1n) is 11.9. The monoisotopic (exact) mass is 372 g/mol. The highest BCUT2D eigenvalue weighted by atomic mass is 16.3. The van der Waals surface area contributed by atoms with Gasteiger partial charge in [-0.15, -0.1) is 0 Å². The van der Waals surface area contributed by atoms with Crippen LogP contribution in [0.4, 0.5) is 0 Å². The van der Waals surface area contributed by atoms with E-state index in [9.17, 15) is 9.90 Å². The van der Waals surface area contributed by atoms with Crippen LogP contribution in [0, 0.1) is 45.8 Å². The van der Waals surface area contributed by atoms with Crippen molar-refractivity contribution in [1.82, 2.24) is 0 Å². The molecule has 2 nitrogen and oxygen atoms in total. The SMILES string of the molecule is CC(=O)[C@H]1CC[C@H]2[C@@H]3CC[C@@H]4C[C@](C)(O)CC[C@]4(C4(C)CC4)[C@H]3CC[C@]12C. The standard InChI is InChI=1S/C25H40O2/c1-16(26)19-7-8-20-18-6-5-17-15-23(3,27)13-14-25(17,22(2)11-12-22)21(18)9-10-24(19,20)4/h17-21,27H,5-15H2,1-4H3/t17-,18+,19-,20+,21+,23-,24-,25-/m1/s1. The molecular formula is C25H40O2. The first kappa shape index (κ1) is 18.6. The van der Waals surface area contributed by atoms with E-state index < -0.39 is 5.60 Å². The average Bonchev–Trinajstić information content (AvgIpc) is 3.23. The van der Waals surface area contributed by atoms with Gasteiger partial charge in [-0.1, -0.05) is 13.8 Å². The van der Waals surface area contributed by atoms with Gasteiger partial charge in [0.1, 0.15) is 5.78 Å². The van der Waals surface area contributed by atoms with Crippen LogP contribution in [0.3, 0.4) is 0 Å². The van der Waals surface area contributed by atoms with Crippen LogP contribution in [0.1, 0.15) is 98.3 Å². The van der Waals surface area contributed by atoms with Gasteiger partial charge in [-0.2, -0.15) is 0 Å². The number of aliphatic hydroxyl groups is 1. The van der Waals surface area contributed by atoms with Crippen molar-refractivity contribution in [2.75, 3.05) is 0 Å². The summed E-state index contributed by atoms with van der Waals surface area (Å²) < 4.78 is 0. The second kappa shape index (κ2) is 5.61. The molecule has 0 spiro atoms. The van der Waals surface area contributed by atoms with Crippen molar-refractivity contribution < 1.29 is 9.90 Å². The van der Waals surface area contributed by atoms with Crippen molar-refractivity contribution in [3.05, 3.63) is 0 Å². The van der Waals surface area contributed by atoms with Crippen molar-refractivity contribution >= 4 is 5.78 Å². The Labute approximate surface area is 165 Å². The fraction of sp³-hybridized carbons (Fsp3) is 0.960. The Morgan fingerprint density at radius 2 is 1.59 bits per heavy atom. The van der Waals surface area contributed by atoms with Crippen molar-refractivity contribution in [3.63, 3.8) is 0 Å². The summed E-state index contributed by atoms with van der Waals surface area (Å²) >= 11 is 0. The minimum absolute atomic E-state index is 0.269. The van der Waals surface area contributed by atoms with Gasteiger partial charge < -0.3 is 5.11 Å². The molecule has 0 unspecified atom stereocenters. The first-order chi connectivity index (χ1) is 12.6. The molecule has 27 heavy (non-hydrogen) atoms. The lowest BCUT2D eigenvalue weighted by Crippen LogP contribution is -2.59. The van der Waals surface area contributed by atoms with Gasteiger partial charge in [-0.05, 0) is 124 Å². The lowest BCUT2D eigenvalue weighted by Gasteiger charge is -2.65. The zero-order valence-corrected chi connectivity index (χ0v) is 18.0. The molecule has 2 heteroatoms. The van der Waals surface area contributed by atoms with E-state index in [0.29, 0.717) is 22.5 Å². The van der Waals surface area contributed by atoms with Crippen LogP contribution < -0.4 is 0 Å². The molecule has 0 amide bonds. The van der Waals surface area contributed by atoms with Crippen molar-refractivity contribution in [1.29, 1.82) is 0 Å². The zero-order chi connectivity index (χ0) is 19.2. The third kappa shape index (κ3) is 2.37. The number of fused-ring (bicyclic) bond motifs is 5. The Morgan fingerprint density at radius 3 is 2.26 bits per heavy atom. The summed E-state index contributed by atoms with van der Waals surface area (Å²) in [6, 6.07) is 0. The normalized spacial score (nSPS) is 56.0. The van der Waals surface area contributed by atoms with Crippen molar-refractivity contribution in [2.45, 2.75) is 104 Å². The van der Waals surface area contributed by atoms with Crippen LogP contribution >= 0.6 is 0 Å². The van der Waals surface area contributed by atoms with E-state index in [1.165, 1.54) is 51.4 Å². The second-order valence-electron chi connectivity index (χ2n) is 12.2. The van der Waals surface area contributed by atoms with Crippen LogP contribution in [-0.2, 0) is 4.79 Å². The van der Waals surface area contributed by atoms with E-state index >= 15 is 0 Å². The summed E-state index contributed by atoms with van der Waals surface area (Å²) in [7, 11) is 0. The molecule has 8 atom stereocenters. The summed E-state index contributed by atoms with van der Waals surface area (Å²) in [5, 5.41) is 10.9. The van der Waals surface area contributed by atoms with Gasteiger partial charge in [-0.25, -0.2) is 0 Å². The number of carbonyl (C=O) groups excluding carboxylic acids is 1. The summed E-state index contributed by atoms with van der Waals surface area (Å²) in [6.45, 7) is 8.99. The molecule has 5 fully saturated rings. The highest BCUT2D eigenvalue weighted by Crippen LogP contribution is 2.76. The summed E-state index contributed by atoms with van der Waals surface area (Å²) in [5.74, 6) is 3.95. The maximum absolute atomic E-state index is 12.4. The van der Waals surface area contributed by atoms with E-state index in [-0.39, 0.29) is 5.41 Å². The largest absolute Gasteiger partial charge is 0.390 e. The molecule has 0 aromatic heterocycles. The van der Waals surface area contributed by atoms with Crippen LogP contribution in [0.5, 0.6) is 0 Å². The minimum atomic E-state index is -0.442. The van der Waals surface area contributed by atoms with Gasteiger partial charge >= 0.3 is 0 Å². The van der Waals surface area contributed by atoms with E-state index in [2.05, 4.69) is 20.8 Å². The fourth-order valence-corrected chi connectivity index (χ4v) is 9.63. The van der Waals surface area contributed by atoms with Gasteiger partial charge in [-0.3, -0.25) is 4.79 Å². The predicted molar refractivity (Wildman–Crippen MR) is 108 cm³/mol. The minimum Gasteiger partial charge on any atom is -0.390 e. The number of Topliss-reactive ketones (excluding diaryl/α,β-unsaturated/α-hetero) is 1. The maximum atomic E-state index is 12.4. The Balaban J connectivity index is 1.51. The molecule has 0 radical (unpaired) electrons. The average molecular weight is 373 g/mol. The Bertz CT molecular complexity index is 647. The molecule has 152 valence electrons. The number of ketones is 1. The summed E-state index contributed by atoms with van der Waals surface area (Å²) in [5.41, 5.74) is 0.839. The third-order valence-electron chi connectivity index (χ3n) is 11.1. The molecule has 1 N–H and O–H groups in total. The van der Waals surface area contributed by atoms with Crippen molar-refractivity contribution in [3.8, 4) is 0 Å². The molecule has 0 bridgehead atoms. The molecule has 0 aromatic carbocycles. The van der Waals surface area contributed by atoms with Crippen LogP contribution in [0.25, 0.3) is 0 Å². The lowest BCUT2D eigenvalue weighted by molar-refractivity contribution is -0.183. The Hall–Kier alpha value is -0.370. The highest BCUT2D eigenvalue weighted by Gasteiger charge is 2.69. The van der Waals surface area contributed by atoms with E-state index in [4.69, 9.17) is 0 Å². The molecule has 0 heterocycles. The van der Waals surface area contributed by atoms with Crippen LogP contribution in [0.2, 0.25) is 0 Å². The molecule has 5 aliphatic carbocycles. The maximum Gasteiger partial charge on any atom is 0.133 e. The second-order valence-corrected chi connectivity index (χ2v) is 12.2. The topological polar surface area (TPSA) is 37.3 Å². The number of rotatable bonds is 2. The quantitative estimate of drug-likeness (QED) is 0.668. The van der Waals surface area contributed by atoms with Crippen LogP contribution in [0.15, 0.2) is 0 Å². The number of hydrogen-bond donors (Lipinski definition) is 1. The summed E-state index contributed by atoms with van der Waals surface area (Å²) in [6.07, 6.45) is 13.8. The molecular weight excluding hydrogens is 332 g/mol. The first-order valence-corrected chi connectivity index (χ1v) is 11.9. The molecule has 5 saturated carbocycles. The number of hydrogen-bond acceptors (Lipinski definition) is 2. The van der Waals surface area contributed by atoms with E-state index in [0.717, 1.165) is 42.9 Å². The third-order valence-corrected chi connectivity index (χ3v) is 11.1. The Kier molecular flexibility index (Phi) is 3.88. The lowest BCUT2D eigenvalue weighted by atomic mass is 9.40. The zero-order valence-electron chi connectivity index (χ0n) is 18.0. The molecule has 5 aliphatic rings. The molecule has 5 rings (SSSR count). The van der Waals surface area contributed by atoms with E-state index in [1.54, 1.807) is 0 Å². The Morgan fingerprint density at radius 1 is 0.852 bits per heavy atom. The summed E-state index contributed by atoms with van der Waals surface area (Å²) in [4.78, 5) is 12.4. The van der Waals surface area contributed by atoms with Gasteiger partial charge in [0, 0.05) is 5.92 Å². The van der Waals surface area contributed by atoms with Crippen LogP contribution in [-0.4, -0.2) is 16.5 Å². The predicted octanol–water partition coefficient (Wildman–Crippen LogP) is 5.77. The fourth-order valence-electron chi connectivity index (χ4n) is 9.63.